The Balaban J connectivity index is 1.58. The fraction of sp³-hybridized carbons (Fsp3) is 0.348. The van der Waals surface area contributed by atoms with Crippen molar-refractivity contribution < 1.29 is 0 Å². The number of aromatic nitrogens is 7. The lowest BCUT2D eigenvalue weighted by molar-refractivity contribution is 0.530. The molecule has 0 amide bonds. The van der Waals surface area contributed by atoms with Gasteiger partial charge in [-0.05, 0) is 33.5 Å². The maximum atomic E-state index is 12.9. The molecule has 8 nitrogen and oxygen atoms in total. The van der Waals surface area contributed by atoms with E-state index in [1.54, 1.807) is 9.25 Å². The van der Waals surface area contributed by atoms with Gasteiger partial charge >= 0.3 is 5.69 Å². The number of H-pyrrole nitrogens is 1. The van der Waals surface area contributed by atoms with Gasteiger partial charge in [0.25, 0.3) is 0 Å². The fourth-order valence-electron chi connectivity index (χ4n) is 3.75. The van der Waals surface area contributed by atoms with E-state index in [0.29, 0.717) is 18.9 Å². The first-order chi connectivity index (χ1) is 15.2. The van der Waals surface area contributed by atoms with Crippen LogP contribution in [0.2, 0.25) is 0 Å². The minimum atomic E-state index is -0.0276. The van der Waals surface area contributed by atoms with Crippen LogP contribution in [0.15, 0.2) is 53.3 Å². The van der Waals surface area contributed by atoms with Gasteiger partial charge in [-0.3, -0.25) is 4.57 Å². The molecule has 0 aliphatic rings. The normalized spacial score (nSPS) is 11.2. The zero-order chi connectivity index (χ0) is 21.6. The molecule has 160 valence electrons. The molecular formula is C23H27N7O. The standard InChI is InChI=1S/C23H27N7O/c1-3-5-8-15-30-23(31)29(21(4-2)26-30)16-17-11-13-18(14-12-17)19-9-6-7-10-20(19)22-24-27-28-25-22/h6-7,9-14H,3-5,8,15-16H2,1-2H3,(H,24,25,27,28). The second-order valence-electron chi connectivity index (χ2n) is 7.56. The molecule has 0 atom stereocenters. The third-order valence-corrected chi connectivity index (χ3v) is 5.42. The summed E-state index contributed by atoms with van der Waals surface area (Å²) in [6.07, 6.45) is 3.93. The number of hydrogen-bond acceptors (Lipinski definition) is 5. The van der Waals surface area contributed by atoms with Crippen LogP contribution in [0.5, 0.6) is 0 Å². The number of tetrazole rings is 1. The van der Waals surface area contributed by atoms with Gasteiger partial charge < -0.3 is 0 Å². The molecule has 2 aromatic carbocycles. The molecule has 0 saturated heterocycles. The van der Waals surface area contributed by atoms with Crippen LogP contribution in [-0.2, 0) is 19.5 Å². The maximum Gasteiger partial charge on any atom is 0.346 e. The van der Waals surface area contributed by atoms with Crippen LogP contribution in [0.3, 0.4) is 0 Å². The van der Waals surface area contributed by atoms with Gasteiger partial charge in [0.2, 0.25) is 0 Å². The van der Waals surface area contributed by atoms with Crippen LogP contribution in [0.25, 0.3) is 22.5 Å². The van der Waals surface area contributed by atoms with E-state index in [1.807, 2.05) is 31.2 Å². The zero-order valence-corrected chi connectivity index (χ0v) is 18.0. The minimum Gasteiger partial charge on any atom is -0.274 e. The number of unbranched alkanes of at least 4 members (excludes halogenated alkanes) is 2. The Morgan fingerprint density at radius 3 is 2.42 bits per heavy atom. The molecule has 31 heavy (non-hydrogen) atoms. The third-order valence-electron chi connectivity index (χ3n) is 5.42. The number of nitrogens with one attached hydrogen (secondary N) is 1. The number of benzene rings is 2. The van der Waals surface area contributed by atoms with Gasteiger partial charge in [-0.15, -0.1) is 5.10 Å². The van der Waals surface area contributed by atoms with Gasteiger partial charge in [0.15, 0.2) is 5.82 Å². The molecule has 2 aromatic heterocycles. The van der Waals surface area contributed by atoms with Gasteiger partial charge in [-0.25, -0.2) is 14.6 Å². The Labute approximate surface area is 180 Å². The van der Waals surface area contributed by atoms with E-state index < -0.39 is 0 Å². The number of nitrogens with zero attached hydrogens (tertiary/aromatic N) is 6. The Bertz CT molecular complexity index is 1170. The van der Waals surface area contributed by atoms with Crippen molar-refractivity contribution in [1.82, 2.24) is 35.0 Å². The number of aromatic amines is 1. The minimum absolute atomic E-state index is 0.0276. The van der Waals surface area contributed by atoms with Crippen molar-refractivity contribution in [3.05, 3.63) is 70.4 Å². The van der Waals surface area contributed by atoms with Crippen molar-refractivity contribution in [3.8, 4) is 22.5 Å². The molecular weight excluding hydrogens is 390 g/mol. The predicted molar refractivity (Wildman–Crippen MR) is 120 cm³/mol. The largest absolute Gasteiger partial charge is 0.346 e. The lowest BCUT2D eigenvalue weighted by Crippen LogP contribution is -2.26. The molecule has 0 fully saturated rings. The van der Waals surface area contributed by atoms with Crippen LogP contribution >= 0.6 is 0 Å². The van der Waals surface area contributed by atoms with Crippen LogP contribution in [-0.4, -0.2) is 35.0 Å². The van der Waals surface area contributed by atoms with Gasteiger partial charge in [-0.2, -0.15) is 5.10 Å². The van der Waals surface area contributed by atoms with Gasteiger partial charge in [0, 0.05) is 18.5 Å². The summed E-state index contributed by atoms with van der Waals surface area (Å²) in [4.78, 5) is 12.9. The molecule has 2 heterocycles. The van der Waals surface area contributed by atoms with Crippen LogP contribution in [0.4, 0.5) is 0 Å². The van der Waals surface area contributed by atoms with E-state index in [9.17, 15) is 4.79 Å². The summed E-state index contributed by atoms with van der Waals surface area (Å²) in [5, 5.41) is 18.8. The highest BCUT2D eigenvalue weighted by Crippen LogP contribution is 2.29. The summed E-state index contributed by atoms with van der Waals surface area (Å²) in [7, 11) is 0. The second-order valence-corrected chi connectivity index (χ2v) is 7.56. The monoisotopic (exact) mass is 417 g/mol. The summed E-state index contributed by atoms with van der Waals surface area (Å²) < 4.78 is 3.40. The summed E-state index contributed by atoms with van der Waals surface area (Å²) >= 11 is 0. The first kappa shape index (κ1) is 20.7. The lowest BCUT2D eigenvalue weighted by atomic mass is 9.98. The van der Waals surface area contributed by atoms with E-state index in [2.05, 4.69) is 56.9 Å². The number of rotatable bonds is 9. The smallest absolute Gasteiger partial charge is 0.274 e. The van der Waals surface area contributed by atoms with E-state index in [4.69, 9.17) is 0 Å². The van der Waals surface area contributed by atoms with Crippen LogP contribution in [0.1, 0.15) is 44.5 Å². The predicted octanol–water partition coefficient (Wildman–Crippen LogP) is 3.69. The highest BCUT2D eigenvalue weighted by atomic mass is 16.2. The SMILES string of the molecule is CCCCCn1nc(CC)n(Cc2ccc(-c3ccccc3-c3nnn[nH]3)cc2)c1=O. The van der Waals surface area contributed by atoms with Crippen molar-refractivity contribution in [2.75, 3.05) is 0 Å². The molecule has 1 N–H and O–H groups in total. The molecule has 4 aromatic rings. The third kappa shape index (κ3) is 4.47. The molecule has 0 unspecified atom stereocenters. The molecule has 0 spiro atoms. The Kier molecular flexibility index (Phi) is 6.35. The van der Waals surface area contributed by atoms with Crippen molar-refractivity contribution in [2.45, 2.75) is 52.6 Å². The van der Waals surface area contributed by atoms with Crippen molar-refractivity contribution in [1.29, 1.82) is 0 Å². The van der Waals surface area contributed by atoms with E-state index >= 15 is 0 Å². The Hall–Kier alpha value is -3.55. The highest BCUT2D eigenvalue weighted by Gasteiger charge is 2.13. The van der Waals surface area contributed by atoms with Crippen LogP contribution < -0.4 is 5.69 Å². The summed E-state index contributed by atoms with van der Waals surface area (Å²) in [5.41, 5.74) is 4.09. The molecule has 0 saturated carbocycles. The van der Waals surface area contributed by atoms with E-state index in [0.717, 1.165) is 53.8 Å². The van der Waals surface area contributed by atoms with Crippen LogP contribution in [0, 0.1) is 0 Å². The first-order valence-corrected chi connectivity index (χ1v) is 10.8. The lowest BCUT2D eigenvalue weighted by Gasteiger charge is -2.09. The average molecular weight is 418 g/mol. The zero-order valence-electron chi connectivity index (χ0n) is 18.0. The first-order valence-electron chi connectivity index (χ1n) is 10.8. The Morgan fingerprint density at radius 1 is 0.968 bits per heavy atom. The van der Waals surface area contributed by atoms with Crippen molar-refractivity contribution >= 4 is 0 Å². The quantitative estimate of drug-likeness (QED) is 0.419. The number of hydrogen-bond donors (Lipinski definition) is 1. The fourth-order valence-corrected chi connectivity index (χ4v) is 3.75. The second kappa shape index (κ2) is 9.51. The molecule has 8 heteroatoms. The van der Waals surface area contributed by atoms with E-state index in [-0.39, 0.29) is 5.69 Å². The molecule has 0 radical (unpaired) electrons. The van der Waals surface area contributed by atoms with Gasteiger partial charge in [-0.1, -0.05) is 75.2 Å². The Morgan fingerprint density at radius 2 is 1.74 bits per heavy atom. The molecule has 4 rings (SSSR count). The molecule has 0 aliphatic heterocycles. The topological polar surface area (TPSA) is 94.3 Å². The summed E-state index contributed by atoms with van der Waals surface area (Å²) in [6, 6.07) is 16.3. The van der Waals surface area contributed by atoms with Crippen molar-refractivity contribution in [2.24, 2.45) is 0 Å². The van der Waals surface area contributed by atoms with Gasteiger partial charge in [0.05, 0.1) is 6.54 Å². The highest BCUT2D eigenvalue weighted by molar-refractivity contribution is 5.80. The van der Waals surface area contributed by atoms with E-state index in [1.165, 1.54) is 0 Å². The van der Waals surface area contributed by atoms with Crippen molar-refractivity contribution in [3.63, 3.8) is 0 Å². The summed E-state index contributed by atoms with van der Waals surface area (Å²) in [5.74, 6) is 1.46. The van der Waals surface area contributed by atoms with Gasteiger partial charge in [0.1, 0.15) is 5.82 Å². The average Bonchev–Trinajstić information content (AvgIpc) is 3.44. The number of aryl methyl sites for hydroxylation is 2. The maximum absolute atomic E-state index is 12.9. The molecule has 0 aliphatic carbocycles. The summed E-state index contributed by atoms with van der Waals surface area (Å²) in [6.45, 7) is 5.39. The molecule has 0 bridgehead atoms.